The molecule has 1 atom stereocenters. The molecule has 3 rings (SSSR count). The molecular formula is C16H11ClF4N2O. The highest BCUT2D eigenvalue weighted by Gasteiger charge is 2.39. The van der Waals surface area contributed by atoms with Crippen molar-refractivity contribution in [3.8, 4) is 0 Å². The van der Waals surface area contributed by atoms with Crippen LogP contribution in [0, 0.1) is 5.82 Å². The van der Waals surface area contributed by atoms with Gasteiger partial charge in [-0.1, -0.05) is 29.8 Å². The van der Waals surface area contributed by atoms with Gasteiger partial charge in [-0.25, -0.2) is 9.38 Å². The fraction of sp³-hybridized carbons (Fsp3) is 0.188. The lowest BCUT2D eigenvalue weighted by Gasteiger charge is -2.16. The van der Waals surface area contributed by atoms with E-state index < -0.39 is 34.2 Å². The summed E-state index contributed by atoms with van der Waals surface area (Å²) in [6, 6.07) is 9.35. The van der Waals surface area contributed by atoms with E-state index in [1.54, 1.807) is 24.3 Å². The molecule has 1 heterocycles. The Labute approximate surface area is 139 Å². The monoisotopic (exact) mass is 358 g/mol. The van der Waals surface area contributed by atoms with Gasteiger partial charge in [0.1, 0.15) is 18.5 Å². The summed E-state index contributed by atoms with van der Waals surface area (Å²) in [6.07, 6.45) is -4.72. The molecule has 0 radical (unpaired) electrons. The normalized spacial score (nSPS) is 17.4. The quantitative estimate of drug-likeness (QED) is 0.763. The summed E-state index contributed by atoms with van der Waals surface area (Å²) in [6.45, 7) is -0.213. The summed E-state index contributed by atoms with van der Waals surface area (Å²) in [5.41, 5.74) is -1.07. The zero-order valence-corrected chi connectivity index (χ0v) is 12.8. The van der Waals surface area contributed by atoms with Crippen LogP contribution < -0.4 is 5.32 Å². The number of anilines is 1. The smallest absolute Gasteiger partial charge is 0.416 e. The molecule has 0 fully saturated rings. The van der Waals surface area contributed by atoms with Crippen molar-refractivity contribution in [2.45, 2.75) is 12.2 Å². The van der Waals surface area contributed by atoms with Crippen molar-refractivity contribution in [2.24, 2.45) is 4.99 Å². The molecule has 126 valence electrons. The van der Waals surface area contributed by atoms with Gasteiger partial charge in [0, 0.05) is 11.3 Å². The second-order valence-corrected chi connectivity index (χ2v) is 5.48. The molecule has 1 unspecified atom stereocenters. The van der Waals surface area contributed by atoms with E-state index in [0.717, 1.165) is 12.1 Å². The zero-order chi connectivity index (χ0) is 17.3. The molecule has 0 saturated carbocycles. The highest BCUT2D eigenvalue weighted by Crippen LogP contribution is 2.40. The Bertz CT molecular complexity index is 778. The average Bonchev–Trinajstić information content (AvgIpc) is 2.98. The van der Waals surface area contributed by atoms with Crippen molar-refractivity contribution < 1.29 is 22.3 Å². The van der Waals surface area contributed by atoms with Gasteiger partial charge < -0.3 is 10.1 Å². The first-order valence-electron chi connectivity index (χ1n) is 6.94. The predicted molar refractivity (Wildman–Crippen MR) is 82.6 cm³/mol. The molecule has 0 aromatic heterocycles. The number of hydrogen-bond donors (Lipinski definition) is 1. The maximum Gasteiger partial charge on any atom is 0.416 e. The van der Waals surface area contributed by atoms with Crippen molar-refractivity contribution in [2.75, 3.05) is 11.9 Å². The first-order valence-corrected chi connectivity index (χ1v) is 7.32. The van der Waals surface area contributed by atoms with Crippen LogP contribution in [0.1, 0.15) is 17.2 Å². The number of ether oxygens (including phenoxy) is 1. The fourth-order valence-corrected chi connectivity index (χ4v) is 2.54. The summed E-state index contributed by atoms with van der Waals surface area (Å²) in [4.78, 5) is 4.01. The van der Waals surface area contributed by atoms with Gasteiger partial charge in [-0.15, -0.1) is 0 Å². The van der Waals surface area contributed by atoms with Crippen molar-refractivity contribution in [1.82, 2.24) is 0 Å². The number of nitrogens with zero attached hydrogens (tertiary/aromatic N) is 1. The van der Waals surface area contributed by atoms with Gasteiger partial charge in [0.25, 0.3) is 6.02 Å². The van der Waals surface area contributed by atoms with Crippen LogP contribution in [0.5, 0.6) is 0 Å². The molecule has 0 spiro atoms. The van der Waals surface area contributed by atoms with Crippen LogP contribution in [0.2, 0.25) is 5.02 Å². The summed E-state index contributed by atoms with van der Waals surface area (Å²) >= 11 is 5.63. The second-order valence-electron chi connectivity index (χ2n) is 5.07. The van der Waals surface area contributed by atoms with Crippen LogP contribution >= 0.6 is 11.6 Å². The van der Waals surface area contributed by atoms with Crippen LogP contribution in [0.3, 0.4) is 0 Å². The molecule has 1 N–H and O–H groups in total. The molecule has 2 aromatic rings. The lowest BCUT2D eigenvalue weighted by Crippen LogP contribution is -2.14. The largest absolute Gasteiger partial charge is 0.462 e. The topological polar surface area (TPSA) is 33.6 Å². The van der Waals surface area contributed by atoms with E-state index in [4.69, 9.17) is 16.3 Å². The molecule has 24 heavy (non-hydrogen) atoms. The molecule has 1 aliphatic rings. The minimum atomic E-state index is -4.72. The minimum absolute atomic E-state index is 0.0266. The molecular weight excluding hydrogens is 348 g/mol. The Hall–Kier alpha value is -2.28. The number of halogens is 5. The molecule has 1 aliphatic heterocycles. The predicted octanol–water partition coefficient (Wildman–Crippen LogP) is 5.04. The Kier molecular flexibility index (Phi) is 4.36. The van der Waals surface area contributed by atoms with Gasteiger partial charge in [-0.3, -0.25) is 0 Å². The number of aliphatic imine (C=N–C) groups is 1. The Morgan fingerprint density at radius 3 is 2.50 bits per heavy atom. The maximum absolute atomic E-state index is 14.2. The number of amidine groups is 1. The van der Waals surface area contributed by atoms with E-state index in [-0.39, 0.29) is 12.6 Å². The summed E-state index contributed by atoms with van der Waals surface area (Å²) < 4.78 is 58.9. The highest BCUT2D eigenvalue weighted by molar-refractivity contribution is 6.30. The third-order valence-electron chi connectivity index (χ3n) is 3.45. The van der Waals surface area contributed by atoms with Gasteiger partial charge in [0.2, 0.25) is 0 Å². The van der Waals surface area contributed by atoms with Crippen LogP contribution in [0.25, 0.3) is 0 Å². The molecule has 3 nitrogen and oxygen atoms in total. The SMILES string of the molecule is Fc1c(Cl)ccc(C(F)(F)F)c1C1COC(Nc2ccccc2)=N1. The van der Waals surface area contributed by atoms with Crippen molar-refractivity contribution in [3.63, 3.8) is 0 Å². The second kappa shape index (κ2) is 6.32. The fourth-order valence-electron chi connectivity index (χ4n) is 2.37. The minimum Gasteiger partial charge on any atom is -0.462 e. The van der Waals surface area contributed by atoms with E-state index in [1.807, 2.05) is 6.07 Å². The Balaban J connectivity index is 1.94. The average molecular weight is 359 g/mol. The van der Waals surface area contributed by atoms with Crippen molar-refractivity contribution in [3.05, 3.63) is 64.4 Å². The third kappa shape index (κ3) is 3.31. The number of hydrogen-bond acceptors (Lipinski definition) is 3. The number of rotatable bonds is 2. The third-order valence-corrected chi connectivity index (χ3v) is 3.74. The van der Waals surface area contributed by atoms with Gasteiger partial charge in [0.15, 0.2) is 0 Å². The number of benzene rings is 2. The van der Waals surface area contributed by atoms with Crippen molar-refractivity contribution in [1.29, 1.82) is 0 Å². The first kappa shape index (κ1) is 16.6. The number of para-hydroxylation sites is 1. The lowest BCUT2D eigenvalue weighted by atomic mass is 10.00. The van der Waals surface area contributed by atoms with E-state index in [9.17, 15) is 17.6 Å². The van der Waals surface area contributed by atoms with E-state index in [2.05, 4.69) is 10.3 Å². The molecule has 0 saturated heterocycles. The Morgan fingerprint density at radius 1 is 1.12 bits per heavy atom. The van der Waals surface area contributed by atoms with Gasteiger partial charge in [-0.2, -0.15) is 13.2 Å². The van der Waals surface area contributed by atoms with Crippen LogP contribution in [0.4, 0.5) is 23.2 Å². The molecule has 0 aliphatic carbocycles. The lowest BCUT2D eigenvalue weighted by molar-refractivity contribution is -0.138. The summed E-state index contributed by atoms with van der Waals surface area (Å²) in [5, 5.41) is 2.43. The standard InChI is InChI=1S/C16H11ClF4N2O/c17-11-7-6-10(16(19,20)21)13(14(11)18)12-8-24-15(23-12)22-9-4-2-1-3-5-9/h1-7,12H,8H2,(H,22,23). The van der Waals surface area contributed by atoms with Gasteiger partial charge >= 0.3 is 6.18 Å². The van der Waals surface area contributed by atoms with Crippen LogP contribution in [0.15, 0.2) is 47.5 Å². The molecule has 0 bridgehead atoms. The zero-order valence-electron chi connectivity index (χ0n) is 12.1. The van der Waals surface area contributed by atoms with E-state index >= 15 is 0 Å². The molecule has 2 aromatic carbocycles. The number of alkyl halides is 3. The molecule has 8 heteroatoms. The molecule has 0 amide bonds. The highest BCUT2D eigenvalue weighted by atomic mass is 35.5. The number of nitrogens with one attached hydrogen (secondary N) is 1. The van der Waals surface area contributed by atoms with Gasteiger partial charge in [-0.05, 0) is 24.3 Å². The summed E-state index contributed by atoms with van der Waals surface area (Å²) in [5.74, 6) is -1.13. The maximum atomic E-state index is 14.2. The van der Waals surface area contributed by atoms with Crippen molar-refractivity contribution >= 4 is 23.3 Å². The van der Waals surface area contributed by atoms with Gasteiger partial charge in [0.05, 0.1) is 10.6 Å². The van der Waals surface area contributed by atoms with Crippen LogP contribution in [-0.4, -0.2) is 12.6 Å². The van der Waals surface area contributed by atoms with Crippen LogP contribution in [-0.2, 0) is 10.9 Å². The van der Waals surface area contributed by atoms with E-state index in [1.165, 1.54) is 0 Å². The summed E-state index contributed by atoms with van der Waals surface area (Å²) in [7, 11) is 0. The first-order chi connectivity index (χ1) is 11.4. The van der Waals surface area contributed by atoms with E-state index in [0.29, 0.717) is 5.69 Å². The Morgan fingerprint density at radius 2 is 1.83 bits per heavy atom.